The normalized spacial score (nSPS) is 8.00. The predicted octanol–water partition coefficient (Wildman–Crippen LogP) is 1.49. The number of aromatic amines is 1. The lowest BCUT2D eigenvalue weighted by Gasteiger charge is -1.70. The van der Waals surface area contributed by atoms with Crippen molar-refractivity contribution in [2.24, 2.45) is 0 Å². The summed E-state index contributed by atoms with van der Waals surface area (Å²) in [6, 6.07) is 5.72. The predicted molar refractivity (Wildman–Crippen MR) is 42.8 cm³/mol. The largest absolute Gasteiger partial charge is 0.351 e. The van der Waals surface area contributed by atoms with Gasteiger partial charge in [0.15, 0.2) is 0 Å². The van der Waals surface area contributed by atoms with Crippen LogP contribution in [0.5, 0.6) is 0 Å². The van der Waals surface area contributed by atoms with Crippen molar-refractivity contribution in [1.82, 2.24) is 15.0 Å². The van der Waals surface area contributed by atoms with Gasteiger partial charge in [0.05, 0.1) is 6.33 Å². The van der Waals surface area contributed by atoms with E-state index in [1.54, 1.807) is 31.1 Å². The third-order valence-corrected chi connectivity index (χ3v) is 0.972. The Hall–Kier alpha value is -1.64. The van der Waals surface area contributed by atoms with E-state index in [9.17, 15) is 0 Å². The summed E-state index contributed by atoms with van der Waals surface area (Å²) in [6.07, 6.45) is 8.58. The Balaban J connectivity index is 0.000000112. The molecule has 1 N–H and O–H groups in total. The fraction of sp³-hybridized carbons (Fsp3) is 0. The number of H-pyrrole nitrogens is 1. The van der Waals surface area contributed by atoms with Crippen LogP contribution in [0.2, 0.25) is 0 Å². The average Bonchev–Trinajstić information content (AvgIpc) is 2.64. The molecule has 0 bridgehead atoms. The van der Waals surface area contributed by atoms with Crippen molar-refractivity contribution in [3.63, 3.8) is 0 Å². The number of nitrogens with zero attached hydrogens (tertiary/aromatic N) is 2. The van der Waals surface area contributed by atoms with Gasteiger partial charge in [0.2, 0.25) is 0 Å². The van der Waals surface area contributed by atoms with Crippen molar-refractivity contribution >= 4 is 0 Å². The highest BCUT2D eigenvalue weighted by atomic mass is 14.8. The monoisotopic (exact) mass is 147 g/mol. The third-order valence-electron chi connectivity index (χ3n) is 0.972. The molecule has 56 valence electrons. The number of aromatic nitrogens is 3. The number of rotatable bonds is 0. The summed E-state index contributed by atoms with van der Waals surface area (Å²) >= 11 is 0. The van der Waals surface area contributed by atoms with Crippen LogP contribution in [0.15, 0.2) is 49.3 Å². The lowest BCUT2D eigenvalue weighted by Crippen LogP contribution is -1.58. The lowest BCUT2D eigenvalue weighted by molar-refractivity contribution is 1.31. The highest BCUT2D eigenvalue weighted by molar-refractivity contribution is 4.88. The number of hydrogen-bond acceptors (Lipinski definition) is 2. The molecule has 0 aliphatic heterocycles. The Morgan fingerprint density at radius 3 is 1.82 bits per heavy atom. The summed E-state index contributed by atoms with van der Waals surface area (Å²) in [4.78, 5) is 10.2. The molecule has 0 aromatic carbocycles. The molecule has 0 spiro atoms. The van der Waals surface area contributed by atoms with Crippen molar-refractivity contribution in [2.75, 3.05) is 0 Å². The maximum Gasteiger partial charge on any atom is 0.0919 e. The van der Waals surface area contributed by atoms with Gasteiger partial charge in [0.1, 0.15) is 0 Å². The highest BCUT2D eigenvalue weighted by Crippen LogP contribution is 1.73. The van der Waals surface area contributed by atoms with E-state index >= 15 is 0 Å². The van der Waals surface area contributed by atoms with Gasteiger partial charge in [-0.2, -0.15) is 0 Å². The minimum atomic E-state index is 1.62. The second kappa shape index (κ2) is 5.17. The highest BCUT2D eigenvalue weighted by Gasteiger charge is 1.58. The van der Waals surface area contributed by atoms with Crippen molar-refractivity contribution in [1.29, 1.82) is 0 Å². The summed E-state index contributed by atoms with van der Waals surface area (Å²) in [6.45, 7) is 0. The molecular weight excluding hydrogens is 138 g/mol. The van der Waals surface area contributed by atoms with E-state index in [2.05, 4.69) is 15.0 Å². The van der Waals surface area contributed by atoms with Crippen LogP contribution in [0.25, 0.3) is 0 Å². The molecule has 2 heterocycles. The Morgan fingerprint density at radius 1 is 0.818 bits per heavy atom. The van der Waals surface area contributed by atoms with Crippen LogP contribution in [0.1, 0.15) is 0 Å². The van der Waals surface area contributed by atoms with Crippen molar-refractivity contribution in [3.05, 3.63) is 49.3 Å². The first-order valence-corrected chi connectivity index (χ1v) is 3.28. The van der Waals surface area contributed by atoms with E-state index < -0.39 is 0 Å². The summed E-state index contributed by atoms with van der Waals surface area (Å²) in [5.74, 6) is 0. The fourth-order valence-corrected chi connectivity index (χ4v) is 0.528. The van der Waals surface area contributed by atoms with Crippen molar-refractivity contribution in [2.45, 2.75) is 0 Å². The maximum absolute atomic E-state index is 3.78. The molecule has 0 aliphatic carbocycles. The second-order valence-electron chi connectivity index (χ2n) is 1.79. The molecule has 2 rings (SSSR count). The maximum atomic E-state index is 3.78. The number of nitrogens with one attached hydrogen (secondary N) is 1. The fourth-order valence-electron chi connectivity index (χ4n) is 0.528. The van der Waals surface area contributed by atoms with Gasteiger partial charge in [0.25, 0.3) is 0 Å². The topological polar surface area (TPSA) is 41.6 Å². The molecule has 3 nitrogen and oxygen atoms in total. The van der Waals surface area contributed by atoms with Crippen LogP contribution in [-0.2, 0) is 0 Å². The molecule has 2 aromatic rings. The zero-order valence-electron chi connectivity index (χ0n) is 6.01. The summed E-state index contributed by atoms with van der Waals surface area (Å²) in [5.41, 5.74) is 0. The molecule has 11 heavy (non-hydrogen) atoms. The van der Waals surface area contributed by atoms with Crippen LogP contribution in [0.4, 0.5) is 0 Å². The Bertz CT molecular complexity index is 195. The summed E-state index contributed by atoms with van der Waals surface area (Å²) < 4.78 is 0. The zero-order chi connectivity index (χ0) is 7.78. The Morgan fingerprint density at radius 2 is 1.64 bits per heavy atom. The first kappa shape index (κ1) is 7.47. The molecule has 0 saturated heterocycles. The average molecular weight is 147 g/mol. The van der Waals surface area contributed by atoms with Crippen molar-refractivity contribution in [3.8, 4) is 0 Å². The standard InChI is InChI=1S/C5H5N.C3H4N2/c1-2-4-6-5-3-1;1-2-5-3-4-1/h1-5H;1-3H,(H,4,5). The van der Waals surface area contributed by atoms with Gasteiger partial charge >= 0.3 is 0 Å². The third kappa shape index (κ3) is 3.86. The number of hydrogen-bond donors (Lipinski definition) is 1. The van der Waals surface area contributed by atoms with Crippen molar-refractivity contribution < 1.29 is 0 Å². The van der Waals surface area contributed by atoms with Crippen LogP contribution in [-0.4, -0.2) is 15.0 Å². The smallest absolute Gasteiger partial charge is 0.0919 e. The van der Waals surface area contributed by atoms with E-state index in [-0.39, 0.29) is 0 Å². The Kier molecular flexibility index (Phi) is 3.51. The number of pyridine rings is 1. The SMILES string of the molecule is c1c[nH]cn1.c1ccncc1. The van der Waals surface area contributed by atoms with Crippen LogP contribution >= 0.6 is 0 Å². The molecular formula is C8H9N3. The van der Waals surface area contributed by atoms with E-state index in [1.807, 2.05) is 18.2 Å². The van der Waals surface area contributed by atoms with Gasteiger partial charge in [-0.1, -0.05) is 6.07 Å². The van der Waals surface area contributed by atoms with Crippen LogP contribution in [0.3, 0.4) is 0 Å². The Labute approximate surface area is 65.1 Å². The van der Waals surface area contributed by atoms with Gasteiger partial charge in [-0.3, -0.25) is 4.98 Å². The van der Waals surface area contributed by atoms with E-state index in [0.717, 1.165) is 0 Å². The second-order valence-corrected chi connectivity index (χ2v) is 1.79. The van der Waals surface area contributed by atoms with Gasteiger partial charge in [0, 0.05) is 24.8 Å². The zero-order valence-corrected chi connectivity index (χ0v) is 6.01. The van der Waals surface area contributed by atoms with Crippen LogP contribution in [0, 0.1) is 0 Å². The number of imidazole rings is 1. The molecule has 0 atom stereocenters. The van der Waals surface area contributed by atoms with E-state index in [0.29, 0.717) is 0 Å². The lowest BCUT2D eigenvalue weighted by atomic mass is 10.5. The molecule has 2 aromatic heterocycles. The van der Waals surface area contributed by atoms with Gasteiger partial charge in [-0.15, -0.1) is 0 Å². The van der Waals surface area contributed by atoms with E-state index in [1.165, 1.54) is 0 Å². The van der Waals surface area contributed by atoms with E-state index in [4.69, 9.17) is 0 Å². The minimum absolute atomic E-state index is 1.62. The molecule has 0 fully saturated rings. The van der Waals surface area contributed by atoms with Gasteiger partial charge in [-0.05, 0) is 12.1 Å². The minimum Gasteiger partial charge on any atom is -0.351 e. The summed E-state index contributed by atoms with van der Waals surface area (Å²) in [5, 5.41) is 0. The van der Waals surface area contributed by atoms with Gasteiger partial charge in [-0.25, -0.2) is 4.98 Å². The first-order valence-electron chi connectivity index (χ1n) is 3.28. The molecule has 0 saturated carbocycles. The molecule has 0 amide bonds. The molecule has 3 heteroatoms. The first-order chi connectivity index (χ1) is 5.50. The summed E-state index contributed by atoms with van der Waals surface area (Å²) in [7, 11) is 0. The molecule has 0 aliphatic rings. The quantitative estimate of drug-likeness (QED) is 0.613. The molecule has 0 unspecified atom stereocenters. The van der Waals surface area contributed by atoms with Crippen LogP contribution < -0.4 is 0 Å². The van der Waals surface area contributed by atoms with Gasteiger partial charge < -0.3 is 4.98 Å². The molecule has 0 radical (unpaired) electrons.